The van der Waals surface area contributed by atoms with Gasteiger partial charge in [0, 0.05) is 12.4 Å². The summed E-state index contributed by atoms with van der Waals surface area (Å²) in [4.78, 5) is 11.9. The third kappa shape index (κ3) is 2.15. The summed E-state index contributed by atoms with van der Waals surface area (Å²) in [7, 11) is 0. The van der Waals surface area contributed by atoms with Crippen molar-refractivity contribution < 1.29 is 4.42 Å². The van der Waals surface area contributed by atoms with Gasteiger partial charge in [-0.2, -0.15) is 5.26 Å². The van der Waals surface area contributed by atoms with Crippen molar-refractivity contribution in [2.24, 2.45) is 0 Å². The van der Waals surface area contributed by atoms with Crippen LogP contribution in [0.25, 0.3) is 0 Å². The lowest BCUT2D eigenvalue weighted by molar-refractivity contribution is 0.478. The minimum atomic E-state index is 0.255. The fourth-order valence-corrected chi connectivity index (χ4v) is 1.19. The van der Waals surface area contributed by atoms with Crippen LogP contribution in [0.4, 0.5) is 5.82 Å². The lowest BCUT2D eigenvalue weighted by Crippen LogP contribution is -2.04. The Morgan fingerprint density at radius 3 is 2.88 bits per heavy atom. The van der Waals surface area contributed by atoms with Crippen molar-refractivity contribution in [2.75, 3.05) is 5.32 Å². The second kappa shape index (κ2) is 4.40. The summed E-state index contributed by atoms with van der Waals surface area (Å²) >= 11 is 0. The SMILES string of the molecule is Cc1cnc(CNc2nccnc2C#N)o1. The van der Waals surface area contributed by atoms with E-state index in [1.165, 1.54) is 12.4 Å². The highest BCUT2D eigenvalue weighted by Crippen LogP contribution is 2.09. The molecule has 80 valence electrons. The van der Waals surface area contributed by atoms with Crippen molar-refractivity contribution in [3.63, 3.8) is 0 Å². The Balaban J connectivity index is 2.08. The maximum atomic E-state index is 8.79. The largest absolute Gasteiger partial charge is 0.444 e. The topological polar surface area (TPSA) is 87.6 Å². The van der Waals surface area contributed by atoms with Crippen LogP contribution in [-0.4, -0.2) is 15.0 Å². The Morgan fingerprint density at radius 1 is 1.38 bits per heavy atom. The molecule has 6 heteroatoms. The summed E-state index contributed by atoms with van der Waals surface area (Å²) < 4.78 is 5.27. The van der Waals surface area contributed by atoms with Gasteiger partial charge in [-0.3, -0.25) is 0 Å². The average molecular weight is 215 g/mol. The molecule has 0 fully saturated rings. The molecule has 0 aliphatic heterocycles. The average Bonchev–Trinajstić information content (AvgIpc) is 2.73. The van der Waals surface area contributed by atoms with E-state index >= 15 is 0 Å². The van der Waals surface area contributed by atoms with Crippen molar-refractivity contribution >= 4 is 5.82 Å². The molecule has 0 bridgehead atoms. The van der Waals surface area contributed by atoms with Crippen LogP contribution in [0.15, 0.2) is 23.0 Å². The molecule has 6 nitrogen and oxygen atoms in total. The van der Waals surface area contributed by atoms with Crippen molar-refractivity contribution in [3.8, 4) is 6.07 Å². The van der Waals surface area contributed by atoms with Crippen LogP contribution in [0.1, 0.15) is 17.3 Å². The summed E-state index contributed by atoms with van der Waals surface area (Å²) in [5, 5.41) is 11.7. The molecule has 2 aromatic heterocycles. The third-order valence-electron chi connectivity index (χ3n) is 1.88. The molecule has 0 atom stereocenters. The van der Waals surface area contributed by atoms with Gasteiger partial charge in [-0.1, -0.05) is 0 Å². The first-order valence-corrected chi connectivity index (χ1v) is 4.66. The smallest absolute Gasteiger partial charge is 0.213 e. The Bertz CT molecular complexity index is 528. The minimum absolute atomic E-state index is 0.255. The fourth-order valence-electron chi connectivity index (χ4n) is 1.19. The molecule has 1 N–H and O–H groups in total. The molecular weight excluding hydrogens is 206 g/mol. The Morgan fingerprint density at radius 2 is 2.19 bits per heavy atom. The van der Waals surface area contributed by atoms with Gasteiger partial charge in [0.15, 0.2) is 11.5 Å². The molecule has 0 aromatic carbocycles. The summed E-state index contributed by atoms with van der Waals surface area (Å²) in [6, 6.07) is 1.95. The van der Waals surface area contributed by atoms with E-state index in [4.69, 9.17) is 9.68 Å². The van der Waals surface area contributed by atoms with E-state index in [1.54, 1.807) is 6.20 Å². The Hall–Kier alpha value is -2.42. The first kappa shape index (κ1) is 10.1. The monoisotopic (exact) mass is 215 g/mol. The molecule has 0 unspecified atom stereocenters. The second-order valence-corrected chi connectivity index (χ2v) is 3.08. The molecule has 0 radical (unpaired) electrons. The normalized spacial score (nSPS) is 9.75. The first-order valence-electron chi connectivity index (χ1n) is 4.66. The molecule has 0 saturated heterocycles. The minimum Gasteiger partial charge on any atom is -0.444 e. The maximum Gasteiger partial charge on any atom is 0.213 e. The lowest BCUT2D eigenvalue weighted by Gasteiger charge is -2.02. The number of nitriles is 1. The van der Waals surface area contributed by atoms with E-state index in [1.807, 2.05) is 13.0 Å². The predicted octanol–water partition coefficient (Wildman–Crippen LogP) is 1.26. The number of oxazole rings is 1. The van der Waals surface area contributed by atoms with Crippen molar-refractivity contribution in [3.05, 3.63) is 35.9 Å². The number of anilines is 1. The molecule has 2 aromatic rings. The van der Waals surface area contributed by atoms with Gasteiger partial charge >= 0.3 is 0 Å². The Labute approximate surface area is 92.0 Å². The van der Waals surface area contributed by atoms with Gasteiger partial charge in [0.2, 0.25) is 5.89 Å². The highest BCUT2D eigenvalue weighted by Gasteiger charge is 2.05. The molecule has 16 heavy (non-hydrogen) atoms. The van der Waals surface area contributed by atoms with Gasteiger partial charge in [-0.15, -0.1) is 0 Å². The van der Waals surface area contributed by atoms with Crippen molar-refractivity contribution in [2.45, 2.75) is 13.5 Å². The van der Waals surface area contributed by atoms with Crippen LogP contribution in [0, 0.1) is 18.3 Å². The van der Waals surface area contributed by atoms with Crippen LogP contribution < -0.4 is 5.32 Å². The standard InChI is InChI=1S/C10H9N5O/c1-7-5-14-9(16-7)6-15-10-8(4-11)12-2-3-13-10/h2-3,5H,6H2,1H3,(H,13,15). The summed E-state index contributed by atoms with van der Waals surface area (Å²) in [5.74, 6) is 1.73. The van der Waals surface area contributed by atoms with E-state index in [9.17, 15) is 0 Å². The lowest BCUT2D eigenvalue weighted by atomic mass is 10.4. The summed E-state index contributed by atoms with van der Waals surface area (Å²) in [6.07, 6.45) is 4.63. The molecule has 0 saturated carbocycles. The third-order valence-corrected chi connectivity index (χ3v) is 1.88. The summed E-state index contributed by atoms with van der Waals surface area (Å²) in [6.45, 7) is 2.20. The molecule has 2 rings (SSSR count). The van der Waals surface area contributed by atoms with Crippen LogP contribution >= 0.6 is 0 Å². The molecule has 0 aliphatic carbocycles. The zero-order chi connectivity index (χ0) is 11.4. The number of nitrogens with zero attached hydrogens (tertiary/aromatic N) is 4. The van der Waals surface area contributed by atoms with Crippen LogP contribution in [0.2, 0.25) is 0 Å². The number of aromatic nitrogens is 3. The van der Waals surface area contributed by atoms with E-state index in [0.29, 0.717) is 18.3 Å². The van der Waals surface area contributed by atoms with E-state index < -0.39 is 0 Å². The van der Waals surface area contributed by atoms with Gasteiger partial charge in [0.1, 0.15) is 11.8 Å². The summed E-state index contributed by atoms with van der Waals surface area (Å²) in [5.41, 5.74) is 0.255. The quantitative estimate of drug-likeness (QED) is 0.829. The van der Waals surface area contributed by atoms with E-state index in [2.05, 4.69) is 20.3 Å². The Kier molecular flexibility index (Phi) is 2.78. The number of nitrogens with one attached hydrogen (secondary N) is 1. The van der Waals surface area contributed by atoms with Crippen LogP contribution in [-0.2, 0) is 6.54 Å². The van der Waals surface area contributed by atoms with Gasteiger partial charge in [0.25, 0.3) is 0 Å². The number of hydrogen-bond donors (Lipinski definition) is 1. The van der Waals surface area contributed by atoms with E-state index in [0.717, 1.165) is 5.76 Å². The second-order valence-electron chi connectivity index (χ2n) is 3.08. The highest BCUT2D eigenvalue weighted by atomic mass is 16.4. The zero-order valence-electron chi connectivity index (χ0n) is 8.64. The van der Waals surface area contributed by atoms with Gasteiger partial charge in [-0.05, 0) is 6.92 Å². The fraction of sp³-hybridized carbons (Fsp3) is 0.200. The maximum absolute atomic E-state index is 8.79. The van der Waals surface area contributed by atoms with E-state index in [-0.39, 0.29) is 5.69 Å². The van der Waals surface area contributed by atoms with Crippen molar-refractivity contribution in [1.82, 2.24) is 15.0 Å². The number of aryl methyl sites for hydroxylation is 1. The van der Waals surface area contributed by atoms with Gasteiger partial charge in [-0.25, -0.2) is 15.0 Å². The predicted molar refractivity (Wildman–Crippen MR) is 55.3 cm³/mol. The van der Waals surface area contributed by atoms with Crippen molar-refractivity contribution in [1.29, 1.82) is 5.26 Å². The zero-order valence-corrected chi connectivity index (χ0v) is 8.64. The number of rotatable bonds is 3. The van der Waals surface area contributed by atoms with Crippen LogP contribution in [0.5, 0.6) is 0 Å². The van der Waals surface area contributed by atoms with Gasteiger partial charge in [0.05, 0.1) is 12.7 Å². The molecule has 0 spiro atoms. The number of hydrogen-bond acceptors (Lipinski definition) is 6. The first-order chi connectivity index (χ1) is 7.79. The molecule has 2 heterocycles. The highest BCUT2D eigenvalue weighted by molar-refractivity contribution is 5.46. The van der Waals surface area contributed by atoms with Gasteiger partial charge < -0.3 is 9.73 Å². The molecule has 0 aliphatic rings. The van der Waals surface area contributed by atoms with Crippen LogP contribution in [0.3, 0.4) is 0 Å². The molecular formula is C10H9N5O. The molecule has 0 amide bonds.